The summed E-state index contributed by atoms with van der Waals surface area (Å²) >= 11 is 1.27. The quantitative estimate of drug-likeness (QED) is 0.780. The third-order valence-electron chi connectivity index (χ3n) is 2.49. The van der Waals surface area contributed by atoms with Crippen LogP contribution in [0.2, 0.25) is 0 Å². The standard InChI is InChI=1S/C11H14N4O3S/c1-3-6(16)10-8(12)9(17-2)11(19-10)13-4-7-14-5-18-15-7/h5,13H,3-4,12H2,1-2H3. The Morgan fingerprint density at radius 1 is 1.63 bits per heavy atom. The molecule has 3 N–H and O–H groups in total. The molecule has 0 spiro atoms. The molecule has 102 valence electrons. The number of nitrogen functional groups attached to an aromatic ring is 1. The van der Waals surface area contributed by atoms with Crippen LogP contribution in [0, 0.1) is 0 Å². The average molecular weight is 282 g/mol. The maximum absolute atomic E-state index is 11.8. The van der Waals surface area contributed by atoms with Gasteiger partial charge < -0.3 is 20.3 Å². The molecule has 2 heterocycles. The molecule has 2 aromatic heterocycles. The van der Waals surface area contributed by atoms with Crippen LogP contribution < -0.4 is 15.8 Å². The summed E-state index contributed by atoms with van der Waals surface area (Å²) in [4.78, 5) is 16.2. The fourth-order valence-corrected chi connectivity index (χ4v) is 2.64. The minimum Gasteiger partial charge on any atom is -0.492 e. The third kappa shape index (κ3) is 2.68. The molecule has 0 aliphatic heterocycles. The third-order valence-corrected chi connectivity index (χ3v) is 3.68. The van der Waals surface area contributed by atoms with Gasteiger partial charge in [0.2, 0.25) is 6.39 Å². The van der Waals surface area contributed by atoms with Crippen molar-refractivity contribution in [1.82, 2.24) is 10.1 Å². The van der Waals surface area contributed by atoms with Crippen LogP contribution in [-0.2, 0) is 6.54 Å². The lowest BCUT2D eigenvalue weighted by atomic mass is 10.2. The van der Waals surface area contributed by atoms with Gasteiger partial charge in [-0.05, 0) is 0 Å². The van der Waals surface area contributed by atoms with E-state index in [4.69, 9.17) is 10.5 Å². The van der Waals surface area contributed by atoms with Gasteiger partial charge in [-0.3, -0.25) is 4.79 Å². The summed E-state index contributed by atoms with van der Waals surface area (Å²) in [5, 5.41) is 7.45. The highest BCUT2D eigenvalue weighted by atomic mass is 32.1. The second-order valence-corrected chi connectivity index (χ2v) is 4.71. The van der Waals surface area contributed by atoms with Crippen molar-refractivity contribution in [1.29, 1.82) is 0 Å². The zero-order chi connectivity index (χ0) is 13.8. The monoisotopic (exact) mass is 282 g/mol. The van der Waals surface area contributed by atoms with Crippen LogP contribution in [0.4, 0.5) is 10.7 Å². The van der Waals surface area contributed by atoms with Crippen LogP contribution in [-0.4, -0.2) is 23.0 Å². The average Bonchev–Trinajstić information content (AvgIpc) is 3.03. The summed E-state index contributed by atoms with van der Waals surface area (Å²) < 4.78 is 9.86. The maximum atomic E-state index is 11.8. The number of hydrogen-bond donors (Lipinski definition) is 2. The summed E-state index contributed by atoms with van der Waals surface area (Å²) in [5.74, 6) is 0.982. The molecule has 0 unspecified atom stereocenters. The number of Topliss-reactive ketones (excluding diaryl/α,β-unsaturated/α-hetero) is 1. The van der Waals surface area contributed by atoms with Gasteiger partial charge in [-0.15, -0.1) is 11.3 Å². The number of methoxy groups -OCH3 is 1. The van der Waals surface area contributed by atoms with E-state index < -0.39 is 0 Å². The first-order valence-electron chi connectivity index (χ1n) is 5.65. The highest BCUT2D eigenvalue weighted by molar-refractivity contribution is 7.19. The van der Waals surface area contributed by atoms with Crippen LogP contribution >= 0.6 is 11.3 Å². The lowest BCUT2D eigenvalue weighted by molar-refractivity contribution is 0.0992. The Kier molecular flexibility index (Phi) is 4.00. The SMILES string of the molecule is CCC(=O)c1sc(NCc2ncon2)c(OC)c1N. The summed E-state index contributed by atoms with van der Waals surface area (Å²) in [6, 6.07) is 0. The zero-order valence-corrected chi connectivity index (χ0v) is 11.4. The van der Waals surface area contributed by atoms with Gasteiger partial charge in [0.05, 0.1) is 24.2 Å². The molecular weight excluding hydrogens is 268 g/mol. The fraction of sp³-hybridized carbons (Fsp3) is 0.364. The van der Waals surface area contributed by atoms with E-state index in [9.17, 15) is 4.79 Å². The lowest BCUT2D eigenvalue weighted by Gasteiger charge is -2.04. The van der Waals surface area contributed by atoms with E-state index in [0.29, 0.717) is 40.1 Å². The first-order chi connectivity index (χ1) is 9.17. The number of rotatable bonds is 6. The molecule has 2 rings (SSSR count). The van der Waals surface area contributed by atoms with Crippen molar-refractivity contribution in [2.75, 3.05) is 18.2 Å². The highest BCUT2D eigenvalue weighted by Crippen LogP contribution is 2.43. The Morgan fingerprint density at radius 2 is 2.42 bits per heavy atom. The van der Waals surface area contributed by atoms with Gasteiger partial charge in [-0.25, -0.2) is 0 Å². The predicted molar refractivity (Wildman–Crippen MR) is 71.5 cm³/mol. The van der Waals surface area contributed by atoms with E-state index >= 15 is 0 Å². The summed E-state index contributed by atoms with van der Waals surface area (Å²) in [7, 11) is 1.51. The number of carbonyl (C=O) groups excluding carboxylic acids is 1. The molecule has 0 amide bonds. The number of thiophene rings is 1. The number of carbonyl (C=O) groups is 1. The number of anilines is 2. The van der Waals surface area contributed by atoms with Gasteiger partial charge in [0, 0.05) is 6.42 Å². The molecule has 8 heteroatoms. The molecule has 0 saturated heterocycles. The Morgan fingerprint density at radius 3 is 3.00 bits per heavy atom. The largest absolute Gasteiger partial charge is 0.492 e. The highest BCUT2D eigenvalue weighted by Gasteiger charge is 2.20. The van der Waals surface area contributed by atoms with Gasteiger partial charge in [0.15, 0.2) is 17.4 Å². The molecule has 0 aliphatic rings. The molecule has 0 saturated carbocycles. The molecule has 0 bridgehead atoms. The summed E-state index contributed by atoms with van der Waals surface area (Å²) in [6.07, 6.45) is 1.65. The van der Waals surface area contributed by atoms with Crippen molar-refractivity contribution < 1.29 is 14.1 Å². The fourth-order valence-electron chi connectivity index (χ4n) is 1.55. The number of nitrogens with two attached hydrogens (primary N) is 1. The van der Waals surface area contributed by atoms with Crippen molar-refractivity contribution in [3.05, 3.63) is 17.1 Å². The number of ketones is 1. The summed E-state index contributed by atoms with van der Waals surface area (Å²) in [5.41, 5.74) is 6.29. The minimum atomic E-state index is -0.00610. The first kappa shape index (κ1) is 13.3. The molecule has 2 aromatic rings. The topological polar surface area (TPSA) is 103 Å². The van der Waals surface area contributed by atoms with E-state index in [1.54, 1.807) is 6.92 Å². The second-order valence-electron chi connectivity index (χ2n) is 3.68. The van der Waals surface area contributed by atoms with E-state index in [1.807, 2.05) is 0 Å². The van der Waals surface area contributed by atoms with Crippen molar-refractivity contribution in [3.8, 4) is 5.75 Å². The van der Waals surface area contributed by atoms with Crippen LogP contribution in [0.15, 0.2) is 10.9 Å². The minimum absolute atomic E-state index is 0.00610. The molecular formula is C11H14N4O3S. The number of aromatic nitrogens is 2. The molecule has 0 aromatic carbocycles. The van der Waals surface area contributed by atoms with E-state index in [2.05, 4.69) is 20.0 Å². The lowest BCUT2D eigenvalue weighted by Crippen LogP contribution is -2.01. The van der Waals surface area contributed by atoms with Crippen LogP contribution in [0.25, 0.3) is 0 Å². The molecule has 0 atom stereocenters. The number of ether oxygens (including phenoxy) is 1. The zero-order valence-electron chi connectivity index (χ0n) is 10.6. The molecule has 7 nitrogen and oxygen atoms in total. The Bertz CT molecular complexity index is 565. The van der Waals surface area contributed by atoms with Crippen LogP contribution in [0.3, 0.4) is 0 Å². The molecule has 19 heavy (non-hydrogen) atoms. The van der Waals surface area contributed by atoms with Crippen molar-refractivity contribution in [3.63, 3.8) is 0 Å². The molecule has 0 aliphatic carbocycles. The van der Waals surface area contributed by atoms with Crippen molar-refractivity contribution in [2.24, 2.45) is 0 Å². The smallest absolute Gasteiger partial charge is 0.213 e. The van der Waals surface area contributed by atoms with Gasteiger partial charge in [0.1, 0.15) is 5.00 Å². The van der Waals surface area contributed by atoms with Crippen LogP contribution in [0.1, 0.15) is 28.8 Å². The Hall–Kier alpha value is -2.09. The normalized spacial score (nSPS) is 10.4. The van der Waals surface area contributed by atoms with Gasteiger partial charge in [-0.1, -0.05) is 12.1 Å². The van der Waals surface area contributed by atoms with Gasteiger partial charge in [0.25, 0.3) is 0 Å². The molecule has 0 radical (unpaired) electrons. The number of hydrogen-bond acceptors (Lipinski definition) is 8. The van der Waals surface area contributed by atoms with Crippen molar-refractivity contribution >= 4 is 27.8 Å². The van der Waals surface area contributed by atoms with E-state index in [0.717, 1.165) is 0 Å². The van der Waals surface area contributed by atoms with E-state index in [-0.39, 0.29) is 5.78 Å². The number of nitrogens with one attached hydrogen (secondary N) is 1. The maximum Gasteiger partial charge on any atom is 0.213 e. The molecule has 0 fully saturated rings. The second kappa shape index (κ2) is 5.70. The predicted octanol–water partition coefficient (Wildman–Crippen LogP) is 1.93. The van der Waals surface area contributed by atoms with E-state index in [1.165, 1.54) is 24.8 Å². The number of nitrogens with zero attached hydrogens (tertiary/aromatic N) is 2. The van der Waals surface area contributed by atoms with Gasteiger partial charge >= 0.3 is 0 Å². The van der Waals surface area contributed by atoms with Gasteiger partial charge in [-0.2, -0.15) is 4.98 Å². The van der Waals surface area contributed by atoms with Crippen molar-refractivity contribution in [2.45, 2.75) is 19.9 Å². The Labute approximate surface area is 113 Å². The Balaban J connectivity index is 2.22. The first-order valence-corrected chi connectivity index (χ1v) is 6.47. The summed E-state index contributed by atoms with van der Waals surface area (Å²) in [6.45, 7) is 2.16. The van der Waals surface area contributed by atoms with Crippen LogP contribution in [0.5, 0.6) is 5.75 Å².